The molecule has 1 aromatic carbocycles. The van der Waals surface area contributed by atoms with Crippen molar-refractivity contribution >= 4 is 17.5 Å². The topological polar surface area (TPSA) is 17.1 Å². The average Bonchev–Trinajstić information content (AvgIpc) is 2.39. The van der Waals surface area contributed by atoms with Crippen molar-refractivity contribution in [2.24, 2.45) is 5.92 Å². The Kier molecular flexibility index (Phi) is 4.97. The van der Waals surface area contributed by atoms with Crippen molar-refractivity contribution in [1.82, 2.24) is 0 Å². The Balaban J connectivity index is 1.88. The minimum Gasteiger partial charge on any atom is -0.293 e. The zero-order chi connectivity index (χ0) is 13.8. The van der Waals surface area contributed by atoms with Crippen LogP contribution >= 0.6 is 11.8 Å². The Hall–Kier alpha value is -0.900. The van der Waals surface area contributed by atoms with E-state index in [0.717, 1.165) is 30.9 Å². The average molecular weight is 284 g/mol. The first-order valence-electron chi connectivity index (χ1n) is 6.66. The van der Waals surface area contributed by atoms with Crippen LogP contribution in [-0.4, -0.2) is 16.8 Å². The molecule has 104 valence electrons. The van der Waals surface area contributed by atoms with E-state index < -0.39 is 11.6 Å². The van der Waals surface area contributed by atoms with Crippen LogP contribution in [0.2, 0.25) is 0 Å². The van der Waals surface area contributed by atoms with E-state index in [1.165, 1.54) is 18.9 Å². The quantitative estimate of drug-likeness (QED) is 0.759. The number of Topliss-reactive ketones (excluding diaryl/α,β-unsaturated/α-hetero) is 1. The molecule has 0 aromatic heterocycles. The highest BCUT2D eigenvalue weighted by Crippen LogP contribution is 2.32. The van der Waals surface area contributed by atoms with Crippen LogP contribution < -0.4 is 0 Å². The minimum atomic E-state index is -0.956. The van der Waals surface area contributed by atoms with Gasteiger partial charge < -0.3 is 0 Å². The van der Waals surface area contributed by atoms with Gasteiger partial charge in [-0.3, -0.25) is 4.79 Å². The fourth-order valence-electron chi connectivity index (χ4n) is 2.48. The summed E-state index contributed by atoms with van der Waals surface area (Å²) in [7, 11) is 0. The molecule has 0 N–H and O–H groups in total. The largest absolute Gasteiger partial charge is 0.293 e. The van der Waals surface area contributed by atoms with Gasteiger partial charge in [-0.2, -0.15) is 11.8 Å². The Morgan fingerprint density at radius 2 is 2.11 bits per heavy atom. The Morgan fingerprint density at radius 1 is 1.32 bits per heavy atom. The van der Waals surface area contributed by atoms with Crippen LogP contribution in [0.15, 0.2) is 18.2 Å². The second-order valence-electron chi connectivity index (χ2n) is 5.26. The van der Waals surface area contributed by atoms with Crippen molar-refractivity contribution in [2.75, 3.05) is 5.75 Å². The van der Waals surface area contributed by atoms with E-state index in [-0.39, 0.29) is 11.3 Å². The number of hydrogen-bond acceptors (Lipinski definition) is 2. The Morgan fingerprint density at radius 3 is 2.79 bits per heavy atom. The molecule has 1 aliphatic carbocycles. The lowest BCUT2D eigenvalue weighted by Crippen LogP contribution is -2.17. The van der Waals surface area contributed by atoms with Gasteiger partial charge in [-0.05, 0) is 37.0 Å². The van der Waals surface area contributed by atoms with E-state index in [1.807, 2.05) is 0 Å². The summed E-state index contributed by atoms with van der Waals surface area (Å²) in [5, 5.41) is 0.526. The standard InChI is InChI=1S/C15H18F2OS/c1-10-3-2-4-12(7-10)19-9-15(18)11-5-6-13(16)14(17)8-11/h5-6,8,10,12H,2-4,7,9H2,1H3. The Bertz CT molecular complexity index is 461. The fourth-order valence-corrected chi connectivity index (χ4v) is 3.83. The maximum atomic E-state index is 13.1. The molecule has 0 spiro atoms. The number of carbonyl (C=O) groups is 1. The summed E-state index contributed by atoms with van der Waals surface area (Å²) < 4.78 is 25.8. The van der Waals surface area contributed by atoms with Crippen LogP contribution in [0.25, 0.3) is 0 Å². The summed E-state index contributed by atoms with van der Waals surface area (Å²) in [5.74, 6) is -0.915. The van der Waals surface area contributed by atoms with Crippen molar-refractivity contribution in [3.63, 3.8) is 0 Å². The van der Waals surface area contributed by atoms with Crippen LogP contribution in [0, 0.1) is 17.6 Å². The third-order valence-electron chi connectivity index (χ3n) is 3.58. The second-order valence-corrected chi connectivity index (χ2v) is 6.55. The zero-order valence-corrected chi connectivity index (χ0v) is 11.8. The zero-order valence-electron chi connectivity index (χ0n) is 11.0. The van der Waals surface area contributed by atoms with Crippen LogP contribution in [0.3, 0.4) is 0 Å². The molecule has 0 radical (unpaired) electrons. The van der Waals surface area contributed by atoms with Crippen LogP contribution in [0.4, 0.5) is 8.78 Å². The molecule has 0 saturated heterocycles. The van der Waals surface area contributed by atoms with Gasteiger partial charge in [0, 0.05) is 10.8 Å². The summed E-state index contributed by atoms with van der Waals surface area (Å²) in [5.41, 5.74) is 0.259. The molecule has 2 rings (SSSR count). The number of hydrogen-bond donors (Lipinski definition) is 0. The number of ketones is 1. The van der Waals surface area contributed by atoms with Gasteiger partial charge in [0.15, 0.2) is 17.4 Å². The van der Waals surface area contributed by atoms with Gasteiger partial charge in [-0.1, -0.05) is 19.8 Å². The molecule has 2 atom stereocenters. The van der Waals surface area contributed by atoms with Gasteiger partial charge in [0.2, 0.25) is 0 Å². The summed E-state index contributed by atoms with van der Waals surface area (Å²) in [4.78, 5) is 11.9. The first-order valence-corrected chi connectivity index (χ1v) is 7.71. The van der Waals surface area contributed by atoms with Gasteiger partial charge >= 0.3 is 0 Å². The van der Waals surface area contributed by atoms with E-state index in [1.54, 1.807) is 11.8 Å². The smallest absolute Gasteiger partial charge is 0.172 e. The molecule has 2 unspecified atom stereocenters. The SMILES string of the molecule is CC1CCCC(SCC(=O)c2ccc(F)c(F)c2)C1. The van der Waals surface area contributed by atoms with E-state index in [2.05, 4.69) is 6.92 Å². The maximum Gasteiger partial charge on any atom is 0.172 e. The molecule has 0 bridgehead atoms. The molecule has 0 heterocycles. The first kappa shape index (κ1) is 14.5. The number of halogens is 2. The molecule has 4 heteroatoms. The molecule has 19 heavy (non-hydrogen) atoms. The highest BCUT2D eigenvalue weighted by atomic mass is 32.2. The maximum absolute atomic E-state index is 13.1. The predicted octanol–water partition coefficient (Wildman–Crippen LogP) is 4.46. The van der Waals surface area contributed by atoms with Crippen LogP contribution in [0.1, 0.15) is 43.0 Å². The highest BCUT2D eigenvalue weighted by Gasteiger charge is 2.20. The first-order chi connectivity index (χ1) is 9.06. The molecule has 1 fully saturated rings. The van der Waals surface area contributed by atoms with Crippen LogP contribution in [-0.2, 0) is 0 Å². The van der Waals surface area contributed by atoms with Crippen molar-refractivity contribution in [3.05, 3.63) is 35.4 Å². The van der Waals surface area contributed by atoms with E-state index >= 15 is 0 Å². The molecular weight excluding hydrogens is 266 g/mol. The monoisotopic (exact) mass is 284 g/mol. The molecule has 1 nitrogen and oxygen atoms in total. The van der Waals surface area contributed by atoms with Crippen molar-refractivity contribution in [2.45, 2.75) is 37.9 Å². The molecular formula is C15H18F2OS. The van der Waals surface area contributed by atoms with E-state index in [4.69, 9.17) is 0 Å². The second kappa shape index (κ2) is 6.51. The minimum absolute atomic E-state index is 0.123. The Labute approximate surface area is 116 Å². The third kappa shape index (κ3) is 4.03. The number of rotatable bonds is 4. The lowest BCUT2D eigenvalue weighted by molar-refractivity contribution is 0.102. The van der Waals surface area contributed by atoms with E-state index in [9.17, 15) is 13.6 Å². The van der Waals surface area contributed by atoms with Gasteiger partial charge in [-0.25, -0.2) is 8.78 Å². The van der Waals surface area contributed by atoms with E-state index in [0.29, 0.717) is 11.0 Å². The van der Waals surface area contributed by atoms with Crippen molar-refractivity contribution in [3.8, 4) is 0 Å². The number of carbonyl (C=O) groups excluding carboxylic acids is 1. The van der Waals surface area contributed by atoms with Gasteiger partial charge in [0.1, 0.15) is 0 Å². The summed E-state index contributed by atoms with van der Waals surface area (Å²) in [6.07, 6.45) is 4.79. The van der Waals surface area contributed by atoms with Crippen molar-refractivity contribution in [1.29, 1.82) is 0 Å². The highest BCUT2D eigenvalue weighted by molar-refractivity contribution is 8.00. The summed E-state index contributed by atoms with van der Waals surface area (Å²) in [6.45, 7) is 2.24. The van der Waals surface area contributed by atoms with Gasteiger partial charge in [0.25, 0.3) is 0 Å². The van der Waals surface area contributed by atoms with Gasteiger partial charge in [0.05, 0.1) is 5.75 Å². The summed E-state index contributed by atoms with van der Waals surface area (Å²) in [6, 6.07) is 3.35. The lowest BCUT2D eigenvalue weighted by atomic mass is 9.91. The predicted molar refractivity (Wildman–Crippen MR) is 74.6 cm³/mol. The normalized spacial score (nSPS) is 23.3. The molecule has 0 amide bonds. The fraction of sp³-hybridized carbons (Fsp3) is 0.533. The van der Waals surface area contributed by atoms with Crippen molar-refractivity contribution < 1.29 is 13.6 Å². The molecule has 1 aliphatic rings. The number of thioether (sulfide) groups is 1. The van der Waals surface area contributed by atoms with Crippen LogP contribution in [0.5, 0.6) is 0 Å². The lowest BCUT2D eigenvalue weighted by Gasteiger charge is -2.25. The van der Waals surface area contributed by atoms with Gasteiger partial charge in [-0.15, -0.1) is 0 Å². The summed E-state index contributed by atoms with van der Waals surface area (Å²) >= 11 is 1.65. The molecule has 1 aromatic rings. The molecule has 0 aliphatic heterocycles. The number of benzene rings is 1. The third-order valence-corrected chi connectivity index (χ3v) is 4.91. The molecule has 1 saturated carbocycles.